The molecular weight excluding hydrogens is 246 g/mol. The van der Waals surface area contributed by atoms with E-state index in [1.807, 2.05) is 20.8 Å². The maximum absolute atomic E-state index is 5.87. The summed E-state index contributed by atoms with van der Waals surface area (Å²) in [6.45, 7) is 9.20. The zero-order chi connectivity index (χ0) is 13.3. The third kappa shape index (κ3) is 5.36. The van der Waals surface area contributed by atoms with Crippen LogP contribution in [0.1, 0.15) is 46.5 Å². The van der Waals surface area contributed by atoms with Crippen LogP contribution in [0.15, 0.2) is 0 Å². The van der Waals surface area contributed by atoms with Crippen molar-refractivity contribution in [1.82, 2.24) is 5.32 Å². The number of nitrogens with one attached hydrogen (secondary N) is 1. The monoisotopic (exact) mass is 275 g/mol. The van der Waals surface area contributed by atoms with E-state index in [-0.39, 0.29) is 0 Å². The molecule has 0 saturated carbocycles. The Kier molecular flexibility index (Phi) is 8.09. The van der Waals surface area contributed by atoms with E-state index in [1.165, 1.54) is 19.3 Å². The molecular formula is C13H29NO3Si. The van der Waals surface area contributed by atoms with Gasteiger partial charge in [-0.25, -0.2) is 0 Å². The summed E-state index contributed by atoms with van der Waals surface area (Å²) in [6.07, 6.45) is 5.02. The van der Waals surface area contributed by atoms with Crippen molar-refractivity contribution >= 4 is 8.80 Å². The summed E-state index contributed by atoms with van der Waals surface area (Å²) < 4.78 is 17.6. The number of hydrogen-bond acceptors (Lipinski definition) is 4. The lowest BCUT2D eigenvalue weighted by molar-refractivity contribution is 0.0697. The minimum atomic E-state index is -2.42. The number of hydrogen-bond donors (Lipinski definition) is 1. The van der Waals surface area contributed by atoms with Gasteiger partial charge in [0.1, 0.15) is 0 Å². The maximum Gasteiger partial charge on any atom is 0.500 e. The minimum Gasteiger partial charge on any atom is -0.374 e. The van der Waals surface area contributed by atoms with Crippen LogP contribution >= 0.6 is 0 Å². The van der Waals surface area contributed by atoms with E-state index >= 15 is 0 Å². The summed E-state index contributed by atoms with van der Waals surface area (Å²) in [7, 11) is -2.42. The average molecular weight is 275 g/mol. The van der Waals surface area contributed by atoms with E-state index < -0.39 is 8.80 Å². The first-order chi connectivity index (χ1) is 8.76. The zero-order valence-electron chi connectivity index (χ0n) is 12.2. The van der Waals surface area contributed by atoms with Crippen LogP contribution in [-0.2, 0) is 13.3 Å². The molecule has 1 unspecified atom stereocenters. The lowest BCUT2D eigenvalue weighted by Crippen LogP contribution is -2.47. The van der Waals surface area contributed by atoms with Gasteiger partial charge in [0.15, 0.2) is 0 Å². The summed E-state index contributed by atoms with van der Waals surface area (Å²) in [4.78, 5) is 0. The van der Waals surface area contributed by atoms with E-state index in [0.717, 1.165) is 19.0 Å². The molecule has 0 aromatic rings. The Morgan fingerprint density at radius 3 is 2.06 bits per heavy atom. The first-order valence-electron chi connectivity index (χ1n) is 7.41. The van der Waals surface area contributed by atoms with Gasteiger partial charge in [-0.3, -0.25) is 0 Å². The van der Waals surface area contributed by atoms with Crippen molar-refractivity contribution in [3.63, 3.8) is 0 Å². The Morgan fingerprint density at radius 2 is 1.61 bits per heavy atom. The molecule has 18 heavy (non-hydrogen) atoms. The van der Waals surface area contributed by atoms with Gasteiger partial charge in [-0.2, -0.15) is 0 Å². The first kappa shape index (κ1) is 16.1. The molecule has 4 nitrogen and oxygen atoms in total. The van der Waals surface area contributed by atoms with Gasteiger partial charge in [0.05, 0.1) is 0 Å². The third-order valence-electron chi connectivity index (χ3n) is 3.30. The molecule has 1 aliphatic heterocycles. The Morgan fingerprint density at radius 1 is 1.00 bits per heavy atom. The smallest absolute Gasteiger partial charge is 0.374 e. The van der Waals surface area contributed by atoms with Gasteiger partial charge in [0.2, 0.25) is 0 Å². The van der Waals surface area contributed by atoms with Crippen molar-refractivity contribution in [3.8, 4) is 0 Å². The van der Waals surface area contributed by atoms with Crippen LogP contribution < -0.4 is 5.32 Å². The predicted octanol–water partition coefficient (Wildman–Crippen LogP) is 2.57. The van der Waals surface area contributed by atoms with Gasteiger partial charge < -0.3 is 18.6 Å². The Bertz CT molecular complexity index is 193. The molecule has 108 valence electrons. The molecule has 0 aliphatic carbocycles. The van der Waals surface area contributed by atoms with Crippen LogP contribution in [0, 0.1) is 0 Å². The van der Waals surface area contributed by atoms with Crippen LogP contribution in [0.3, 0.4) is 0 Å². The molecule has 0 bridgehead atoms. The molecule has 5 heteroatoms. The molecule has 1 heterocycles. The lowest BCUT2D eigenvalue weighted by atomic mass is 10.0. The molecule has 1 rings (SSSR count). The van der Waals surface area contributed by atoms with Gasteiger partial charge in [0.25, 0.3) is 0 Å². The minimum absolute atomic E-state index is 0.618. The van der Waals surface area contributed by atoms with Crippen LogP contribution in [-0.4, -0.2) is 41.2 Å². The standard InChI is InChI=1S/C13H29NO3Si/c1-4-15-18(16-5-2,17-6-3)12-10-13-9-7-8-11-14-13/h13-14H,4-12H2,1-3H3. The summed E-state index contributed by atoms with van der Waals surface area (Å²) in [5.74, 6) is 0. The molecule has 0 spiro atoms. The zero-order valence-corrected chi connectivity index (χ0v) is 13.2. The van der Waals surface area contributed by atoms with Crippen molar-refractivity contribution in [1.29, 1.82) is 0 Å². The number of piperidine rings is 1. The third-order valence-corrected chi connectivity index (χ3v) is 6.39. The van der Waals surface area contributed by atoms with E-state index in [1.54, 1.807) is 0 Å². The van der Waals surface area contributed by atoms with E-state index in [2.05, 4.69) is 5.32 Å². The summed E-state index contributed by atoms with van der Waals surface area (Å²) in [5, 5.41) is 3.57. The summed E-state index contributed by atoms with van der Waals surface area (Å²) >= 11 is 0. The van der Waals surface area contributed by atoms with Gasteiger partial charge >= 0.3 is 8.80 Å². The van der Waals surface area contributed by atoms with Crippen LogP contribution in [0.25, 0.3) is 0 Å². The van der Waals surface area contributed by atoms with Gasteiger partial charge in [-0.1, -0.05) is 6.42 Å². The highest BCUT2D eigenvalue weighted by molar-refractivity contribution is 6.60. The lowest BCUT2D eigenvalue weighted by Gasteiger charge is -2.31. The molecule has 1 fully saturated rings. The second-order valence-corrected chi connectivity index (χ2v) is 7.40. The quantitative estimate of drug-likeness (QED) is 0.657. The first-order valence-corrected chi connectivity index (χ1v) is 9.34. The highest BCUT2D eigenvalue weighted by Gasteiger charge is 2.40. The largest absolute Gasteiger partial charge is 0.500 e. The van der Waals surface area contributed by atoms with Gasteiger partial charge in [-0.15, -0.1) is 0 Å². The van der Waals surface area contributed by atoms with Crippen molar-refractivity contribution in [2.24, 2.45) is 0 Å². The van der Waals surface area contributed by atoms with Crippen molar-refractivity contribution < 1.29 is 13.3 Å². The van der Waals surface area contributed by atoms with Crippen molar-refractivity contribution in [2.45, 2.75) is 58.5 Å². The summed E-state index contributed by atoms with van der Waals surface area (Å²) in [6, 6.07) is 1.55. The van der Waals surface area contributed by atoms with Crippen LogP contribution in [0.2, 0.25) is 6.04 Å². The van der Waals surface area contributed by atoms with Crippen molar-refractivity contribution in [3.05, 3.63) is 0 Å². The Hall–Kier alpha value is 0.0569. The Labute approximate surface area is 113 Å². The van der Waals surface area contributed by atoms with Gasteiger partial charge in [0, 0.05) is 31.9 Å². The fourth-order valence-electron chi connectivity index (χ4n) is 2.52. The molecule has 1 atom stereocenters. The van der Waals surface area contributed by atoms with Gasteiger partial charge in [-0.05, 0) is 46.6 Å². The fourth-order valence-corrected chi connectivity index (χ4v) is 5.23. The molecule has 0 radical (unpaired) electrons. The highest BCUT2D eigenvalue weighted by atomic mass is 28.4. The van der Waals surface area contributed by atoms with E-state index in [9.17, 15) is 0 Å². The molecule has 1 N–H and O–H groups in total. The summed E-state index contributed by atoms with van der Waals surface area (Å²) in [5.41, 5.74) is 0. The van der Waals surface area contributed by atoms with E-state index in [0.29, 0.717) is 25.9 Å². The highest BCUT2D eigenvalue weighted by Crippen LogP contribution is 2.22. The normalized spacial score (nSPS) is 21.2. The Balaban J connectivity index is 2.46. The second-order valence-electron chi connectivity index (χ2n) is 4.67. The van der Waals surface area contributed by atoms with Crippen LogP contribution in [0.4, 0.5) is 0 Å². The molecule has 0 aromatic carbocycles. The SMILES string of the molecule is CCO[Si](CCC1CCCCN1)(OCC)OCC. The predicted molar refractivity (Wildman–Crippen MR) is 75.7 cm³/mol. The van der Waals surface area contributed by atoms with E-state index in [4.69, 9.17) is 13.3 Å². The average Bonchev–Trinajstić information content (AvgIpc) is 2.39. The second kappa shape index (κ2) is 9.04. The molecule has 1 aliphatic rings. The topological polar surface area (TPSA) is 39.7 Å². The number of rotatable bonds is 9. The maximum atomic E-state index is 5.87. The van der Waals surface area contributed by atoms with Crippen LogP contribution in [0.5, 0.6) is 0 Å². The molecule has 0 aromatic heterocycles. The molecule has 1 saturated heterocycles. The molecule has 0 amide bonds. The van der Waals surface area contributed by atoms with Crippen molar-refractivity contribution in [2.75, 3.05) is 26.4 Å². The fraction of sp³-hybridized carbons (Fsp3) is 1.00.